The molecular formula is C21H22F3NO3S2. The average molecular weight is 458 g/mol. The number of alkyl halides is 3. The van der Waals surface area contributed by atoms with Crippen LogP contribution in [-0.4, -0.2) is 20.4 Å². The van der Waals surface area contributed by atoms with Gasteiger partial charge in [-0.05, 0) is 63.6 Å². The molecule has 0 bridgehead atoms. The Morgan fingerprint density at radius 2 is 1.53 bits per heavy atom. The third kappa shape index (κ3) is 4.59. The number of fused-ring (bicyclic) bond motifs is 3. The summed E-state index contributed by atoms with van der Waals surface area (Å²) in [7, 11) is 0. The molecule has 1 heterocycles. The van der Waals surface area contributed by atoms with Gasteiger partial charge in [-0.15, -0.1) is 16.1 Å². The zero-order valence-electron chi connectivity index (χ0n) is 16.9. The van der Waals surface area contributed by atoms with Gasteiger partial charge in [0.2, 0.25) is 0 Å². The number of hydrogen-bond acceptors (Lipinski definition) is 4. The first-order valence-corrected chi connectivity index (χ1v) is 11.1. The molecule has 0 fully saturated rings. The first-order valence-electron chi connectivity index (χ1n) is 9.16. The van der Waals surface area contributed by atoms with E-state index in [4.69, 9.17) is 0 Å². The van der Waals surface area contributed by atoms with Crippen LogP contribution in [0.1, 0.15) is 45.2 Å². The zero-order chi connectivity index (χ0) is 22.5. The fraction of sp³-hybridized carbons (Fsp3) is 0.381. The summed E-state index contributed by atoms with van der Waals surface area (Å²) in [6.07, 6.45) is -4.79. The largest absolute Gasteiger partial charge is 0.598 e. The summed E-state index contributed by atoms with van der Waals surface area (Å²) in [5, 5.41) is 10.5. The van der Waals surface area contributed by atoms with Crippen LogP contribution < -0.4 is 4.72 Å². The van der Waals surface area contributed by atoms with E-state index in [2.05, 4.69) is 4.72 Å². The van der Waals surface area contributed by atoms with Crippen LogP contribution in [0.15, 0.2) is 36.4 Å². The van der Waals surface area contributed by atoms with Crippen LogP contribution in [0.3, 0.4) is 0 Å². The lowest BCUT2D eigenvalue weighted by Crippen LogP contribution is -2.50. The Morgan fingerprint density at radius 3 is 2.00 bits per heavy atom. The van der Waals surface area contributed by atoms with E-state index in [1.165, 1.54) is 17.4 Å². The van der Waals surface area contributed by atoms with Gasteiger partial charge in [-0.2, -0.15) is 13.2 Å². The number of rotatable bonds is 5. The molecule has 3 aromatic rings. The predicted molar refractivity (Wildman–Crippen MR) is 115 cm³/mol. The molecule has 1 aromatic heterocycles. The first-order chi connectivity index (χ1) is 13.7. The highest BCUT2D eigenvalue weighted by atomic mass is 32.2. The lowest BCUT2D eigenvalue weighted by atomic mass is 9.89. The molecule has 2 atom stereocenters. The molecule has 2 aromatic carbocycles. The highest BCUT2D eigenvalue weighted by Crippen LogP contribution is 2.40. The van der Waals surface area contributed by atoms with E-state index in [1.807, 2.05) is 0 Å². The van der Waals surface area contributed by atoms with Gasteiger partial charge in [0.25, 0.3) is 0 Å². The molecule has 0 radical (unpaired) electrons. The van der Waals surface area contributed by atoms with Gasteiger partial charge in [0, 0.05) is 31.5 Å². The van der Waals surface area contributed by atoms with E-state index in [0.29, 0.717) is 21.0 Å². The number of carboxylic acid groups (broad SMARTS) is 1. The van der Waals surface area contributed by atoms with Crippen molar-refractivity contribution in [3.05, 3.63) is 47.5 Å². The minimum absolute atomic E-state index is 0.337. The second-order valence-electron chi connectivity index (χ2n) is 8.41. The summed E-state index contributed by atoms with van der Waals surface area (Å²) in [6, 6.07) is 8.83. The van der Waals surface area contributed by atoms with Gasteiger partial charge in [0.1, 0.15) is 4.75 Å². The fourth-order valence-electron chi connectivity index (χ4n) is 3.15. The molecule has 3 rings (SSSR count). The van der Waals surface area contributed by atoms with Gasteiger partial charge in [-0.3, -0.25) is 4.79 Å². The first kappa shape index (κ1) is 22.9. The molecule has 4 nitrogen and oxygen atoms in total. The van der Waals surface area contributed by atoms with E-state index in [1.54, 1.807) is 45.9 Å². The SMILES string of the molecule is CC(CC(=O)O)(N[S+]([O-])C(C)(C)C)c1ccc2sc3ccc(C(F)(F)F)cc3c2c1. The van der Waals surface area contributed by atoms with Crippen molar-refractivity contribution >= 4 is 48.8 Å². The van der Waals surface area contributed by atoms with Crippen LogP contribution in [0, 0.1) is 0 Å². The van der Waals surface area contributed by atoms with Crippen molar-refractivity contribution in [2.45, 2.75) is 50.6 Å². The van der Waals surface area contributed by atoms with Crippen LogP contribution in [0.2, 0.25) is 0 Å². The van der Waals surface area contributed by atoms with Crippen LogP contribution >= 0.6 is 11.3 Å². The predicted octanol–water partition coefficient (Wildman–Crippen LogP) is 5.82. The topological polar surface area (TPSA) is 72.4 Å². The third-order valence-electron chi connectivity index (χ3n) is 4.81. The molecule has 0 spiro atoms. The maximum atomic E-state index is 13.2. The molecule has 0 saturated carbocycles. The minimum Gasteiger partial charge on any atom is -0.598 e. The Kier molecular flexibility index (Phi) is 5.87. The highest BCUT2D eigenvalue weighted by Gasteiger charge is 2.39. The van der Waals surface area contributed by atoms with Crippen molar-refractivity contribution in [3.8, 4) is 0 Å². The molecule has 9 heteroatoms. The molecule has 162 valence electrons. The Labute approximate surface area is 179 Å². The number of nitrogens with one attached hydrogen (secondary N) is 1. The maximum absolute atomic E-state index is 13.2. The second kappa shape index (κ2) is 7.71. The molecular weight excluding hydrogens is 435 g/mol. The Morgan fingerprint density at radius 1 is 1.03 bits per heavy atom. The molecule has 2 unspecified atom stereocenters. The molecule has 30 heavy (non-hydrogen) atoms. The van der Waals surface area contributed by atoms with Gasteiger partial charge in [0.15, 0.2) is 0 Å². The normalized spacial score (nSPS) is 16.0. The number of carboxylic acids is 1. The maximum Gasteiger partial charge on any atom is 0.416 e. The fourth-order valence-corrected chi connectivity index (χ4v) is 5.13. The molecule has 0 aliphatic rings. The number of aliphatic carboxylic acids is 1. The number of hydrogen-bond donors (Lipinski definition) is 2. The Hall–Kier alpha value is -1.81. The third-order valence-corrected chi connectivity index (χ3v) is 7.71. The zero-order valence-corrected chi connectivity index (χ0v) is 18.5. The Balaban J connectivity index is 2.16. The minimum atomic E-state index is -4.46. The molecule has 0 aliphatic heterocycles. The summed E-state index contributed by atoms with van der Waals surface area (Å²) >= 11 is -0.182. The van der Waals surface area contributed by atoms with Crippen molar-refractivity contribution in [2.75, 3.05) is 0 Å². The highest BCUT2D eigenvalue weighted by molar-refractivity contribution is 7.90. The molecule has 0 saturated heterocycles. The van der Waals surface area contributed by atoms with E-state index in [-0.39, 0.29) is 6.42 Å². The summed E-state index contributed by atoms with van der Waals surface area (Å²) in [5.74, 6) is -1.08. The molecule has 0 aliphatic carbocycles. The standard InChI is InChI=1S/C21H22F3NO3S2/c1-19(2,3)30(28)25-20(4,11-18(26)27)12-5-7-16-14(9-12)15-10-13(21(22,23)24)6-8-17(15)29-16/h5-10,25H,11H2,1-4H3,(H,26,27). The number of benzene rings is 2. The van der Waals surface area contributed by atoms with Gasteiger partial charge in [-0.1, -0.05) is 6.07 Å². The van der Waals surface area contributed by atoms with Crippen molar-refractivity contribution in [1.29, 1.82) is 0 Å². The number of halogens is 3. The van der Waals surface area contributed by atoms with Crippen LogP contribution in [0.25, 0.3) is 20.2 Å². The van der Waals surface area contributed by atoms with Crippen molar-refractivity contribution in [2.24, 2.45) is 0 Å². The lowest BCUT2D eigenvalue weighted by Gasteiger charge is -2.34. The van der Waals surface area contributed by atoms with E-state index in [0.717, 1.165) is 16.8 Å². The van der Waals surface area contributed by atoms with Crippen molar-refractivity contribution in [1.82, 2.24) is 4.72 Å². The average Bonchev–Trinajstić information content (AvgIpc) is 2.96. The second-order valence-corrected chi connectivity index (χ2v) is 11.5. The van der Waals surface area contributed by atoms with Crippen molar-refractivity contribution < 1.29 is 27.6 Å². The molecule has 0 amide bonds. The van der Waals surface area contributed by atoms with E-state index in [9.17, 15) is 27.6 Å². The van der Waals surface area contributed by atoms with Gasteiger partial charge in [-0.25, -0.2) is 0 Å². The smallest absolute Gasteiger partial charge is 0.416 e. The summed E-state index contributed by atoms with van der Waals surface area (Å²) in [5.41, 5.74) is -1.36. The Bertz CT molecular complexity index is 1100. The van der Waals surface area contributed by atoms with Gasteiger partial charge >= 0.3 is 12.1 Å². The van der Waals surface area contributed by atoms with Crippen molar-refractivity contribution in [3.63, 3.8) is 0 Å². The van der Waals surface area contributed by atoms with E-state index >= 15 is 0 Å². The van der Waals surface area contributed by atoms with E-state index < -0.39 is 39.4 Å². The summed E-state index contributed by atoms with van der Waals surface area (Å²) in [6.45, 7) is 6.95. The quantitative estimate of drug-likeness (QED) is 0.474. The summed E-state index contributed by atoms with van der Waals surface area (Å²) < 4.78 is 56.1. The van der Waals surface area contributed by atoms with Gasteiger partial charge in [0.05, 0.1) is 17.5 Å². The monoisotopic (exact) mass is 457 g/mol. The molecule has 2 N–H and O–H groups in total. The van der Waals surface area contributed by atoms with Crippen LogP contribution in [0.5, 0.6) is 0 Å². The number of thiophene rings is 1. The van der Waals surface area contributed by atoms with Gasteiger partial charge < -0.3 is 9.66 Å². The van der Waals surface area contributed by atoms with Crippen LogP contribution in [0.4, 0.5) is 13.2 Å². The van der Waals surface area contributed by atoms with Crippen LogP contribution in [-0.2, 0) is 27.9 Å². The lowest BCUT2D eigenvalue weighted by molar-refractivity contribution is -0.139. The summed E-state index contributed by atoms with van der Waals surface area (Å²) in [4.78, 5) is 11.5. The number of carbonyl (C=O) groups is 1.